The molecule has 146 valence electrons. The normalized spacial score (nSPS) is 27.7. The molecule has 4 atom stereocenters. The number of hydrogen-bond donors (Lipinski definition) is 1. The molecule has 3 aliphatic rings. The number of pyridine rings is 1. The maximum atomic E-state index is 14.2. The maximum absolute atomic E-state index is 14.2. The SMILES string of the molecule is C=C1c2ncc(F)cc2[C@@H]2[C@H]3C[C@H]3CN2c2ccn3ncc(c3n2)C(=O)N[C@@H]1C. The van der Waals surface area contributed by atoms with Crippen LogP contribution in [0.5, 0.6) is 0 Å². The number of amides is 1. The fourth-order valence-corrected chi connectivity index (χ4v) is 4.79. The first kappa shape index (κ1) is 16.6. The minimum atomic E-state index is -0.373. The zero-order valence-electron chi connectivity index (χ0n) is 15.8. The van der Waals surface area contributed by atoms with Crippen molar-refractivity contribution in [2.24, 2.45) is 11.8 Å². The molecule has 1 saturated carbocycles. The van der Waals surface area contributed by atoms with Crippen LogP contribution in [0.25, 0.3) is 11.2 Å². The second-order valence-electron chi connectivity index (χ2n) is 8.18. The molecular weight excluding hydrogens is 371 g/mol. The largest absolute Gasteiger partial charge is 0.349 e. The average molecular weight is 390 g/mol. The highest BCUT2D eigenvalue weighted by atomic mass is 19.1. The first-order chi connectivity index (χ1) is 14.0. The van der Waals surface area contributed by atoms with Crippen LogP contribution in [0.3, 0.4) is 0 Å². The summed E-state index contributed by atoms with van der Waals surface area (Å²) in [6.07, 6.45) is 5.68. The summed E-state index contributed by atoms with van der Waals surface area (Å²) >= 11 is 0. The Morgan fingerprint density at radius 2 is 2.21 bits per heavy atom. The number of rotatable bonds is 0. The molecule has 8 heteroatoms. The number of nitrogens with one attached hydrogen (secondary N) is 1. The van der Waals surface area contributed by atoms with E-state index in [0.29, 0.717) is 34.3 Å². The van der Waals surface area contributed by atoms with Crippen LogP contribution < -0.4 is 10.2 Å². The summed E-state index contributed by atoms with van der Waals surface area (Å²) in [7, 11) is 0. The van der Waals surface area contributed by atoms with E-state index in [1.807, 2.05) is 19.2 Å². The van der Waals surface area contributed by atoms with Gasteiger partial charge < -0.3 is 10.2 Å². The van der Waals surface area contributed by atoms with Crippen LogP contribution >= 0.6 is 0 Å². The minimum absolute atomic E-state index is 0.0152. The Balaban J connectivity index is 1.61. The van der Waals surface area contributed by atoms with E-state index in [9.17, 15) is 9.18 Å². The first-order valence-electron chi connectivity index (χ1n) is 9.78. The average Bonchev–Trinajstić information content (AvgIpc) is 3.18. The standard InChI is InChI=1S/C21H19FN6O/c1-10-11(2)25-21(29)16-8-24-28-4-3-17(26-20(16)28)27-9-12-5-14(12)19(27)15-6-13(22)7-23-18(10)15/h3-4,6-8,11-12,14,19H,1,5,9H2,2H3,(H,25,29)/t11-,12+,14+,19+/m1/s1. The lowest BCUT2D eigenvalue weighted by atomic mass is 9.94. The Kier molecular flexibility index (Phi) is 3.23. The van der Waals surface area contributed by atoms with E-state index in [1.54, 1.807) is 10.6 Å². The molecule has 0 radical (unpaired) electrons. The molecule has 1 aliphatic carbocycles. The van der Waals surface area contributed by atoms with Crippen molar-refractivity contribution in [3.05, 3.63) is 59.9 Å². The molecule has 2 fully saturated rings. The van der Waals surface area contributed by atoms with Crippen molar-refractivity contribution < 1.29 is 9.18 Å². The Bertz CT molecular complexity index is 1200. The van der Waals surface area contributed by atoms with Crippen LogP contribution in [0.2, 0.25) is 0 Å². The van der Waals surface area contributed by atoms with Gasteiger partial charge in [0.1, 0.15) is 17.2 Å². The lowest BCUT2D eigenvalue weighted by molar-refractivity contribution is 0.0949. The molecule has 29 heavy (non-hydrogen) atoms. The fourth-order valence-electron chi connectivity index (χ4n) is 4.79. The van der Waals surface area contributed by atoms with Crippen LogP contribution in [-0.2, 0) is 0 Å². The van der Waals surface area contributed by atoms with Crippen molar-refractivity contribution >= 4 is 22.9 Å². The van der Waals surface area contributed by atoms with Crippen LogP contribution in [0.4, 0.5) is 10.2 Å². The molecule has 2 aliphatic heterocycles. The number of piperidine rings is 1. The Morgan fingerprint density at radius 1 is 1.34 bits per heavy atom. The second kappa shape index (κ2) is 5.62. The van der Waals surface area contributed by atoms with Gasteiger partial charge >= 0.3 is 0 Å². The monoisotopic (exact) mass is 390 g/mol. The molecule has 1 amide bonds. The molecule has 7 nitrogen and oxygen atoms in total. The van der Waals surface area contributed by atoms with Crippen molar-refractivity contribution in [2.45, 2.75) is 25.4 Å². The summed E-state index contributed by atoms with van der Waals surface area (Å²) in [5.74, 6) is 1.13. The minimum Gasteiger partial charge on any atom is -0.349 e. The number of hydrogen-bond acceptors (Lipinski definition) is 5. The highest BCUT2D eigenvalue weighted by Crippen LogP contribution is 2.58. The van der Waals surface area contributed by atoms with E-state index in [-0.39, 0.29) is 23.8 Å². The molecule has 6 rings (SSSR count). The van der Waals surface area contributed by atoms with Gasteiger partial charge in [-0.05, 0) is 42.9 Å². The van der Waals surface area contributed by atoms with Gasteiger partial charge in [0.25, 0.3) is 5.91 Å². The predicted molar refractivity (Wildman–Crippen MR) is 105 cm³/mol. The predicted octanol–water partition coefficient (Wildman–Crippen LogP) is 2.61. The highest BCUT2D eigenvalue weighted by Gasteiger charge is 2.54. The van der Waals surface area contributed by atoms with E-state index >= 15 is 0 Å². The third kappa shape index (κ3) is 2.35. The van der Waals surface area contributed by atoms with Gasteiger partial charge in [-0.25, -0.2) is 13.9 Å². The van der Waals surface area contributed by atoms with Crippen molar-refractivity contribution in [1.29, 1.82) is 0 Å². The van der Waals surface area contributed by atoms with Crippen molar-refractivity contribution in [1.82, 2.24) is 24.9 Å². The molecule has 0 spiro atoms. The topological polar surface area (TPSA) is 75.4 Å². The van der Waals surface area contributed by atoms with Gasteiger partial charge in [-0.3, -0.25) is 9.78 Å². The van der Waals surface area contributed by atoms with Crippen LogP contribution in [0, 0.1) is 17.7 Å². The molecule has 0 unspecified atom stereocenters. The summed E-state index contributed by atoms with van der Waals surface area (Å²) < 4.78 is 15.8. The molecule has 5 heterocycles. The van der Waals surface area contributed by atoms with Gasteiger partial charge in [0.15, 0.2) is 5.65 Å². The third-order valence-corrected chi connectivity index (χ3v) is 6.42. The van der Waals surface area contributed by atoms with Crippen molar-refractivity contribution in [3.8, 4) is 0 Å². The van der Waals surface area contributed by atoms with E-state index in [1.165, 1.54) is 12.4 Å². The van der Waals surface area contributed by atoms with E-state index in [4.69, 9.17) is 4.98 Å². The highest BCUT2D eigenvalue weighted by molar-refractivity contribution is 6.00. The van der Waals surface area contributed by atoms with Crippen LogP contribution in [0.15, 0.2) is 37.3 Å². The summed E-state index contributed by atoms with van der Waals surface area (Å²) in [4.78, 5) is 24.2. The third-order valence-electron chi connectivity index (χ3n) is 6.42. The summed E-state index contributed by atoms with van der Waals surface area (Å²) in [5.41, 5.74) is 3.06. The Morgan fingerprint density at radius 3 is 3.07 bits per heavy atom. The molecule has 1 N–H and O–H groups in total. The van der Waals surface area contributed by atoms with Gasteiger partial charge in [-0.1, -0.05) is 6.58 Å². The van der Waals surface area contributed by atoms with Crippen molar-refractivity contribution in [3.63, 3.8) is 0 Å². The first-order valence-corrected chi connectivity index (χ1v) is 9.78. The van der Waals surface area contributed by atoms with E-state index in [0.717, 1.165) is 24.3 Å². The lowest BCUT2D eigenvalue weighted by Crippen LogP contribution is -2.35. The lowest BCUT2D eigenvalue weighted by Gasteiger charge is -2.31. The van der Waals surface area contributed by atoms with Crippen LogP contribution in [0.1, 0.15) is 41.0 Å². The zero-order chi connectivity index (χ0) is 19.9. The van der Waals surface area contributed by atoms with Gasteiger partial charge in [0.2, 0.25) is 0 Å². The van der Waals surface area contributed by atoms with E-state index in [2.05, 4.69) is 26.9 Å². The number of nitrogens with zero attached hydrogens (tertiary/aromatic N) is 5. The summed E-state index contributed by atoms with van der Waals surface area (Å²) in [6, 6.07) is 3.07. The summed E-state index contributed by atoms with van der Waals surface area (Å²) in [5, 5.41) is 7.22. The quantitative estimate of drug-likeness (QED) is 0.639. The Hall–Kier alpha value is -3.29. The Labute approximate surface area is 166 Å². The van der Waals surface area contributed by atoms with Gasteiger partial charge in [0, 0.05) is 18.3 Å². The van der Waals surface area contributed by atoms with Gasteiger partial charge in [0.05, 0.1) is 30.2 Å². The number of halogens is 1. The molecule has 2 bridgehead atoms. The maximum Gasteiger partial charge on any atom is 0.257 e. The number of carbonyl (C=O) groups excluding carboxylic acids is 1. The molecular formula is C21H19FN6O. The smallest absolute Gasteiger partial charge is 0.257 e. The van der Waals surface area contributed by atoms with E-state index < -0.39 is 0 Å². The molecule has 3 aromatic heterocycles. The molecule has 0 aromatic carbocycles. The number of anilines is 1. The number of carbonyl (C=O) groups is 1. The number of fused-ring (bicyclic) bond motifs is 7. The molecule has 1 saturated heterocycles. The van der Waals surface area contributed by atoms with Gasteiger partial charge in [-0.2, -0.15) is 5.10 Å². The molecule has 3 aromatic rings. The van der Waals surface area contributed by atoms with Crippen molar-refractivity contribution in [2.75, 3.05) is 11.4 Å². The summed E-state index contributed by atoms with van der Waals surface area (Å²) in [6.45, 7) is 6.90. The number of aromatic nitrogens is 4. The second-order valence-corrected chi connectivity index (χ2v) is 8.18. The van der Waals surface area contributed by atoms with Gasteiger partial charge in [-0.15, -0.1) is 0 Å². The zero-order valence-corrected chi connectivity index (χ0v) is 15.8. The van der Waals surface area contributed by atoms with Crippen LogP contribution in [-0.4, -0.2) is 38.1 Å². The fraction of sp³-hybridized carbons (Fsp3) is 0.333.